The van der Waals surface area contributed by atoms with Gasteiger partial charge in [-0.25, -0.2) is 0 Å². The molecule has 2 nitrogen and oxygen atoms in total. The first kappa shape index (κ1) is 56.0. The SMILES string of the molecule is CC(C)(C)c1cc2c3c(c1)N(c1c(-c4ccccc4)cccc1-c1ccccc1)c1cc(-c4c5ccccc5c(-c5cc6ccccc6c6ccccc56)c5ccccc45)ccc1B3c1cc(-c3ccccc3)ccc1N2c1c(-c2ccccc2)cccc1-c1ccccc1. The average molecular weight is 1210 g/mol. The summed E-state index contributed by atoms with van der Waals surface area (Å²) >= 11 is 0. The van der Waals surface area contributed by atoms with Gasteiger partial charge in [-0.3, -0.25) is 0 Å². The fourth-order valence-corrected chi connectivity index (χ4v) is 15.8. The van der Waals surface area contributed by atoms with Gasteiger partial charge in [-0.15, -0.1) is 0 Å². The number of para-hydroxylation sites is 2. The normalized spacial score (nSPS) is 12.5. The molecule has 0 radical (unpaired) electrons. The van der Waals surface area contributed by atoms with Crippen LogP contribution < -0.4 is 26.2 Å². The van der Waals surface area contributed by atoms with E-state index in [-0.39, 0.29) is 12.1 Å². The molecule has 0 N–H and O–H groups in total. The zero-order valence-corrected chi connectivity index (χ0v) is 53.3. The van der Waals surface area contributed by atoms with E-state index in [0.29, 0.717) is 0 Å². The third kappa shape index (κ3) is 9.17. The highest BCUT2D eigenvalue weighted by molar-refractivity contribution is 7.00. The van der Waals surface area contributed by atoms with Gasteiger partial charge in [0.1, 0.15) is 0 Å². The molecule has 18 rings (SSSR count). The number of rotatable bonds is 9. The fraction of sp³-hybridized carbons (Fsp3) is 0.0435. The maximum atomic E-state index is 2.71. The standard InChI is InChI=1S/C92H65BN2/c1-92(2,3)68-58-85-89-86(59-68)95(91-72(63-35-15-7-16-36-63)49-28-50-73(91)64-37-17-8-18-38-64)84-57-67(87-76-43-23-25-45-78(76)88(79-46-26-24-44-77(79)87)80-55-66-39-19-20-40-69(66)74-41-21-22-42-75(74)80)51-53-81(84)93(89)82-56-65(60-29-9-4-10-30-60)52-54-83(82)94(85)90-70(61-31-11-5-12-32-61)47-27-48-71(90)62-33-13-6-14-34-62/h4-59H,1-3H3. The lowest BCUT2D eigenvalue weighted by Gasteiger charge is -2.46. The molecule has 2 aliphatic heterocycles. The summed E-state index contributed by atoms with van der Waals surface area (Å²) < 4.78 is 0. The summed E-state index contributed by atoms with van der Waals surface area (Å²) in [4.78, 5) is 5.37. The predicted molar refractivity (Wildman–Crippen MR) is 407 cm³/mol. The lowest BCUT2D eigenvalue weighted by atomic mass is 9.33. The average Bonchev–Trinajstić information content (AvgIpc) is 0.691. The molecule has 95 heavy (non-hydrogen) atoms. The maximum absolute atomic E-state index is 2.71. The molecular formula is C92H65BN2. The summed E-state index contributed by atoms with van der Waals surface area (Å²) in [6.45, 7) is 6.95. The summed E-state index contributed by atoms with van der Waals surface area (Å²) in [5.74, 6) is 0. The van der Waals surface area contributed by atoms with Crippen LogP contribution in [0.1, 0.15) is 26.3 Å². The molecule has 2 heterocycles. The first-order valence-electron chi connectivity index (χ1n) is 33.3. The number of hydrogen-bond donors (Lipinski definition) is 0. The topological polar surface area (TPSA) is 6.48 Å². The lowest BCUT2D eigenvalue weighted by molar-refractivity contribution is 0.590. The van der Waals surface area contributed by atoms with Crippen molar-refractivity contribution >= 4 is 100 Å². The van der Waals surface area contributed by atoms with Gasteiger partial charge in [-0.1, -0.05) is 330 Å². The van der Waals surface area contributed by atoms with E-state index in [4.69, 9.17) is 0 Å². The van der Waals surface area contributed by atoms with Crippen molar-refractivity contribution in [3.05, 3.63) is 345 Å². The lowest BCUT2D eigenvalue weighted by Crippen LogP contribution is -2.61. The Bertz CT molecular complexity index is 5530. The number of nitrogens with zero attached hydrogens (tertiary/aromatic N) is 2. The van der Waals surface area contributed by atoms with E-state index in [1.165, 1.54) is 98.5 Å². The zero-order chi connectivity index (χ0) is 63.3. The van der Waals surface area contributed by atoms with Crippen LogP contribution in [-0.4, -0.2) is 6.71 Å². The highest BCUT2D eigenvalue weighted by Gasteiger charge is 2.46. The minimum Gasteiger partial charge on any atom is -0.310 e. The molecule has 2 aliphatic rings. The summed E-state index contributed by atoms with van der Waals surface area (Å²) in [6, 6.07) is 128. The molecule has 0 spiro atoms. The van der Waals surface area contributed by atoms with Gasteiger partial charge in [0.25, 0.3) is 6.71 Å². The fourth-order valence-electron chi connectivity index (χ4n) is 15.8. The molecule has 3 heteroatoms. The van der Waals surface area contributed by atoms with Gasteiger partial charge >= 0.3 is 0 Å². The van der Waals surface area contributed by atoms with Gasteiger partial charge in [0.15, 0.2) is 0 Å². The van der Waals surface area contributed by atoms with E-state index in [0.717, 1.165) is 78.5 Å². The Morgan fingerprint density at radius 1 is 0.242 bits per heavy atom. The first-order valence-corrected chi connectivity index (χ1v) is 33.3. The molecule has 0 saturated carbocycles. The van der Waals surface area contributed by atoms with Gasteiger partial charge in [-0.05, 0) is 156 Å². The van der Waals surface area contributed by atoms with Gasteiger partial charge in [0, 0.05) is 45.0 Å². The molecule has 0 aromatic heterocycles. The number of benzene rings is 16. The molecule has 446 valence electrons. The molecule has 0 aliphatic carbocycles. The molecule has 0 atom stereocenters. The molecule has 0 saturated heterocycles. The Kier molecular flexibility index (Phi) is 13.3. The van der Waals surface area contributed by atoms with Crippen LogP contribution in [0.25, 0.3) is 121 Å². The van der Waals surface area contributed by atoms with E-state index in [1.807, 2.05) is 0 Å². The summed E-state index contributed by atoms with van der Waals surface area (Å²) in [5.41, 5.74) is 28.1. The smallest absolute Gasteiger partial charge is 0.252 e. The van der Waals surface area contributed by atoms with Gasteiger partial charge in [0.2, 0.25) is 0 Å². The Morgan fingerprint density at radius 2 is 0.642 bits per heavy atom. The van der Waals surface area contributed by atoms with Crippen LogP contribution in [0.2, 0.25) is 0 Å². The second kappa shape index (κ2) is 22.5. The van der Waals surface area contributed by atoms with Gasteiger partial charge in [-0.2, -0.15) is 0 Å². The molecule has 0 bridgehead atoms. The molecule has 0 amide bonds. The van der Waals surface area contributed by atoms with Gasteiger partial charge < -0.3 is 9.80 Å². The van der Waals surface area contributed by atoms with Crippen LogP contribution in [0.15, 0.2) is 340 Å². The Morgan fingerprint density at radius 3 is 1.13 bits per heavy atom. The number of fused-ring (bicyclic) bond motifs is 9. The number of anilines is 6. The Balaban J connectivity index is 0.991. The van der Waals surface area contributed by atoms with Crippen LogP contribution >= 0.6 is 0 Å². The monoisotopic (exact) mass is 1210 g/mol. The van der Waals surface area contributed by atoms with Crippen LogP contribution in [0.4, 0.5) is 34.1 Å². The molecule has 16 aromatic carbocycles. The van der Waals surface area contributed by atoms with Crippen molar-refractivity contribution in [3.63, 3.8) is 0 Å². The first-order chi connectivity index (χ1) is 46.8. The van der Waals surface area contributed by atoms with Crippen molar-refractivity contribution < 1.29 is 0 Å². The minimum atomic E-state index is -0.281. The highest BCUT2D eigenvalue weighted by atomic mass is 15.2. The number of hydrogen-bond acceptors (Lipinski definition) is 2. The van der Waals surface area contributed by atoms with E-state index in [1.54, 1.807) is 0 Å². The second-order valence-corrected chi connectivity index (χ2v) is 26.6. The van der Waals surface area contributed by atoms with E-state index < -0.39 is 0 Å². The largest absolute Gasteiger partial charge is 0.310 e. The van der Waals surface area contributed by atoms with Crippen LogP contribution in [0.5, 0.6) is 0 Å². The Hall–Kier alpha value is -11.8. The third-order valence-electron chi connectivity index (χ3n) is 20.2. The van der Waals surface area contributed by atoms with Crippen molar-refractivity contribution in [2.75, 3.05) is 9.80 Å². The highest BCUT2D eigenvalue weighted by Crippen LogP contribution is 2.55. The van der Waals surface area contributed by atoms with Crippen molar-refractivity contribution in [1.82, 2.24) is 0 Å². The van der Waals surface area contributed by atoms with Gasteiger partial charge in [0.05, 0.1) is 11.4 Å². The van der Waals surface area contributed by atoms with Crippen LogP contribution in [0, 0.1) is 0 Å². The zero-order valence-electron chi connectivity index (χ0n) is 53.3. The molecule has 0 unspecified atom stereocenters. The van der Waals surface area contributed by atoms with E-state index >= 15 is 0 Å². The summed E-state index contributed by atoms with van der Waals surface area (Å²) in [6.07, 6.45) is 0. The third-order valence-corrected chi connectivity index (χ3v) is 20.2. The van der Waals surface area contributed by atoms with Crippen molar-refractivity contribution in [1.29, 1.82) is 0 Å². The molecule has 0 fully saturated rings. The minimum absolute atomic E-state index is 0.200. The van der Waals surface area contributed by atoms with Crippen molar-refractivity contribution in [2.45, 2.75) is 26.2 Å². The summed E-state index contributed by atoms with van der Waals surface area (Å²) in [7, 11) is 0. The van der Waals surface area contributed by atoms with E-state index in [9.17, 15) is 0 Å². The summed E-state index contributed by atoms with van der Waals surface area (Å²) in [5, 5.41) is 9.88. The van der Waals surface area contributed by atoms with Crippen molar-refractivity contribution in [3.8, 4) is 77.9 Å². The molecule has 16 aromatic rings. The van der Waals surface area contributed by atoms with Crippen molar-refractivity contribution in [2.24, 2.45) is 0 Å². The van der Waals surface area contributed by atoms with E-state index in [2.05, 4.69) is 370 Å². The van der Waals surface area contributed by atoms with Crippen LogP contribution in [-0.2, 0) is 5.41 Å². The van der Waals surface area contributed by atoms with Crippen LogP contribution in [0.3, 0.4) is 0 Å². The molecular weight excluding hydrogens is 1140 g/mol. The second-order valence-electron chi connectivity index (χ2n) is 26.6. The Labute approximate surface area is 556 Å². The predicted octanol–water partition coefficient (Wildman–Crippen LogP) is 23.3. The quantitative estimate of drug-likeness (QED) is 0.0807. The maximum Gasteiger partial charge on any atom is 0.252 e.